The first kappa shape index (κ1) is 23.2. The van der Waals surface area contributed by atoms with Gasteiger partial charge in [0.1, 0.15) is 11.3 Å². The van der Waals surface area contributed by atoms with Crippen LogP contribution >= 0.6 is 0 Å². The number of carboxylic acids is 1. The van der Waals surface area contributed by atoms with Gasteiger partial charge in [0.25, 0.3) is 0 Å². The van der Waals surface area contributed by atoms with Crippen LogP contribution in [0, 0.1) is 6.92 Å². The molecule has 1 atom stereocenters. The molecule has 0 fully saturated rings. The van der Waals surface area contributed by atoms with E-state index in [4.69, 9.17) is 23.7 Å². The standard InChI is InChI=1S/C28H22O8/c1-15-10-22-27(18(12-24(31)35-22)16-6-4-3-5-7-16)28-26(15)19(13-25(32)36-28)17-8-9-20(21(11-17)33-2)34-14-23(29)30/h3-12,19H,13-14H2,1-2H3,(H,29,30)/t19-/m1/s1. The molecule has 36 heavy (non-hydrogen) atoms. The predicted octanol–water partition coefficient (Wildman–Crippen LogP) is 4.68. The number of benzene rings is 3. The summed E-state index contributed by atoms with van der Waals surface area (Å²) in [6.07, 6.45) is 0.0925. The number of rotatable bonds is 6. The molecule has 5 rings (SSSR count). The highest BCUT2D eigenvalue weighted by atomic mass is 16.5. The van der Waals surface area contributed by atoms with Crippen molar-refractivity contribution in [1.82, 2.24) is 0 Å². The van der Waals surface area contributed by atoms with Gasteiger partial charge in [0.05, 0.1) is 18.9 Å². The maximum absolute atomic E-state index is 12.8. The van der Waals surface area contributed by atoms with Gasteiger partial charge in [-0.15, -0.1) is 0 Å². The topological polar surface area (TPSA) is 112 Å². The van der Waals surface area contributed by atoms with Crippen LogP contribution in [0.15, 0.2) is 69.9 Å². The summed E-state index contributed by atoms with van der Waals surface area (Å²) in [4.78, 5) is 36.1. The normalized spacial score (nSPS) is 14.7. The molecule has 8 nitrogen and oxygen atoms in total. The molecule has 4 aromatic rings. The maximum Gasteiger partial charge on any atom is 0.341 e. The summed E-state index contributed by atoms with van der Waals surface area (Å²) in [6.45, 7) is 1.37. The van der Waals surface area contributed by atoms with Crippen molar-refractivity contribution < 1.29 is 33.3 Å². The highest BCUT2D eigenvalue weighted by Crippen LogP contribution is 2.48. The van der Waals surface area contributed by atoms with Crippen LogP contribution in [0.2, 0.25) is 0 Å². The van der Waals surface area contributed by atoms with Crippen LogP contribution < -0.4 is 19.8 Å². The zero-order valence-corrected chi connectivity index (χ0v) is 19.6. The van der Waals surface area contributed by atoms with E-state index in [1.54, 1.807) is 24.3 Å². The van der Waals surface area contributed by atoms with Crippen molar-refractivity contribution in [2.75, 3.05) is 13.7 Å². The van der Waals surface area contributed by atoms with E-state index in [0.29, 0.717) is 28.0 Å². The number of hydrogen-bond acceptors (Lipinski definition) is 7. The number of fused-ring (bicyclic) bond motifs is 3. The van der Waals surface area contributed by atoms with E-state index in [1.165, 1.54) is 13.2 Å². The summed E-state index contributed by atoms with van der Waals surface area (Å²) in [5.41, 5.74) is 3.61. The maximum atomic E-state index is 12.8. The molecule has 0 spiro atoms. The first-order valence-electron chi connectivity index (χ1n) is 11.3. The van der Waals surface area contributed by atoms with Crippen molar-refractivity contribution in [2.24, 2.45) is 0 Å². The molecular formula is C28H22O8. The second-order valence-corrected chi connectivity index (χ2v) is 8.48. The molecule has 182 valence electrons. The summed E-state index contributed by atoms with van der Waals surface area (Å²) in [5, 5.41) is 9.48. The van der Waals surface area contributed by atoms with Crippen molar-refractivity contribution in [3.05, 3.63) is 87.8 Å². The van der Waals surface area contributed by atoms with Crippen molar-refractivity contribution in [3.8, 4) is 28.4 Å². The van der Waals surface area contributed by atoms with E-state index >= 15 is 0 Å². The summed E-state index contributed by atoms with van der Waals surface area (Å²) < 4.78 is 22.1. The molecule has 3 aromatic carbocycles. The zero-order chi connectivity index (χ0) is 25.4. The fourth-order valence-corrected chi connectivity index (χ4v) is 4.69. The fourth-order valence-electron chi connectivity index (χ4n) is 4.69. The summed E-state index contributed by atoms with van der Waals surface area (Å²) in [5.74, 6) is -0.903. The Morgan fingerprint density at radius 2 is 1.83 bits per heavy atom. The van der Waals surface area contributed by atoms with Crippen LogP contribution in [0.25, 0.3) is 22.1 Å². The third-order valence-corrected chi connectivity index (χ3v) is 6.19. The van der Waals surface area contributed by atoms with Crippen molar-refractivity contribution in [2.45, 2.75) is 19.3 Å². The van der Waals surface area contributed by atoms with Gasteiger partial charge in [0, 0.05) is 23.1 Å². The molecule has 0 unspecified atom stereocenters. The van der Waals surface area contributed by atoms with Crippen LogP contribution in [0.5, 0.6) is 17.2 Å². The SMILES string of the molecule is COc1cc([C@H]2CC(=O)Oc3c2c(C)cc2oc(=O)cc(-c4ccccc4)c32)ccc1OCC(=O)O. The van der Waals surface area contributed by atoms with Gasteiger partial charge >= 0.3 is 17.6 Å². The molecule has 1 aromatic heterocycles. The molecular weight excluding hydrogens is 464 g/mol. The van der Waals surface area contributed by atoms with E-state index in [1.807, 2.05) is 37.3 Å². The Morgan fingerprint density at radius 1 is 1.06 bits per heavy atom. The summed E-state index contributed by atoms with van der Waals surface area (Å²) in [6, 6.07) is 17.7. The minimum atomic E-state index is -1.10. The Kier molecular flexibility index (Phi) is 5.93. The molecule has 0 saturated heterocycles. The van der Waals surface area contributed by atoms with E-state index in [9.17, 15) is 14.4 Å². The Morgan fingerprint density at radius 3 is 2.56 bits per heavy atom. The number of methoxy groups -OCH3 is 1. The molecule has 1 aliphatic heterocycles. The van der Waals surface area contributed by atoms with Gasteiger partial charge in [-0.05, 0) is 41.8 Å². The van der Waals surface area contributed by atoms with Gasteiger partial charge in [-0.1, -0.05) is 36.4 Å². The second-order valence-electron chi connectivity index (χ2n) is 8.48. The molecule has 0 bridgehead atoms. The molecule has 8 heteroatoms. The molecule has 0 aliphatic carbocycles. The smallest absolute Gasteiger partial charge is 0.341 e. The monoisotopic (exact) mass is 486 g/mol. The van der Waals surface area contributed by atoms with E-state index in [0.717, 1.165) is 22.3 Å². The number of carboxylic acid groups (broad SMARTS) is 1. The number of carbonyl (C=O) groups excluding carboxylic acids is 1. The quantitative estimate of drug-likeness (QED) is 0.238. The predicted molar refractivity (Wildman–Crippen MR) is 131 cm³/mol. The molecule has 0 amide bonds. The average Bonchev–Trinajstić information content (AvgIpc) is 2.86. The zero-order valence-electron chi connectivity index (χ0n) is 19.6. The lowest BCUT2D eigenvalue weighted by Gasteiger charge is -2.28. The lowest BCUT2D eigenvalue weighted by Crippen LogP contribution is -2.22. The number of aliphatic carboxylic acids is 1. The van der Waals surface area contributed by atoms with E-state index in [2.05, 4.69) is 0 Å². The van der Waals surface area contributed by atoms with Crippen molar-refractivity contribution >= 4 is 22.9 Å². The molecule has 1 aliphatic rings. The molecule has 2 heterocycles. The van der Waals surface area contributed by atoms with Crippen molar-refractivity contribution in [3.63, 3.8) is 0 Å². The molecule has 0 saturated carbocycles. The highest BCUT2D eigenvalue weighted by molar-refractivity contribution is 6.01. The minimum absolute atomic E-state index is 0.0925. The van der Waals surface area contributed by atoms with Crippen LogP contribution in [-0.4, -0.2) is 30.8 Å². The van der Waals surface area contributed by atoms with Gasteiger partial charge < -0.3 is 23.7 Å². The first-order valence-corrected chi connectivity index (χ1v) is 11.3. The Balaban J connectivity index is 1.71. The van der Waals surface area contributed by atoms with E-state index < -0.39 is 24.2 Å². The van der Waals surface area contributed by atoms with Crippen LogP contribution in [-0.2, 0) is 9.59 Å². The molecule has 0 radical (unpaired) electrons. The second kappa shape index (κ2) is 9.22. The lowest BCUT2D eigenvalue weighted by atomic mass is 9.82. The third kappa shape index (κ3) is 4.17. The number of hydrogen-bond donors (Lipinski definition) is 1. The largest absolute Gasteiger partial charge is 0.493 e. The highest BCUT2D eigenvalue weighted by Gasteiger charge is 2.33. The van der Waals surface area contributed by atoms with Gasteiger partial charge in [-0.2, -0.15) is 0 Å². The first-order chi connectivity index (χ1) is 17.4. The van der Waals surface area contributed by atoms with Crippen LogP contribution in [0.4, 0.5) is 0 Å². The van der Waals surface area contributed by atoms with Crippen LogP contribution in [0.1, 0.15) is 29.0 Å². The number of ether oxygens (including phenoxy) is 3. The van der Waals surface area contributed by atoms with Gasteiger partial charge in [-0.25, -0.2) is 9.59 Å². The third-order valence-electron chi connectivity index (χ3n) is 6.19. The fraction of sp³-hybridized carbons (Fsp3) is 0.179. The lowest BCUT2D eigenvalue weighted by molar-refractivity contribution is -0.139. The average molecular weight is 486 g/mol. The molecule has 1 N–H and O–H groups in total. The number of esters is 1. The van der Waals surface area contributed by atoms with Crippen molar-refractivity contribution in [1.29, 1.82) is 0 Å². The Hall–Kier alpha value is -4.59. The summed E-state index contributed by atoms with van der Waals surface area (Å²) >= 11 is 0. The Labute approximate surface area is 205 Å². The van der Waals surface area contributed by atoms with E-state index in [-0.39, 0.29) is 18.1 Å². The number of carbonyl (C=O) groups is 2. The van der Waals surface area contributed by atoms with Gasteiger partial charge in [-0.3, -0.25) is 4.79 Å². The minimum Gasteiger partial charge on any atom is -0.493 e. The Bertz CT molecular complexity index is 1550. The van der Waals surface area contributed by atoms with Gasteiger partial charge in [0.15, 0.2) is 18.1 Å². The number of aryl methyl sites for hydroxylation is 1. The van der Waals surface area contributed by atoms with Crippen LogP contribution in [0.3, 0.4) is 0 Å². The summed E-state index contributed by atoms with van der Waals surface area (Å²) in [7, 11) is 1.46. The van der Waals surface area contributed by atoms with Gasteiger partial charge in [0.2, 0.25) is 0 Å².